The van der Waals surface area contributed by atoms with Crippen LogP contribution in [0.4, 0.5) is 10.1 Å². The van der Waals surface area contributed by atoms with Gasteiger partial charge in [0.1, 0.15) is 16.5 Å². The Bertz CT molecular complexity index is 1450. The predicted octanol–water partition coefficient (Wildman–Crippen LogP) is 4.29. The van der Waals surface area contributed by atoms with E-state index in [9.17, 15) is 17.6 Å². The maximum atomic E-state index is 14.4. The van der Waals surface area contributed by atoms with Crippen molar-refractivity contribution in [1.82, 2.24) is 9.55 Å². The first kappa shape index (κ1) is 20.1. The van der Waals surface area contributed by atoms with Gasteiger partial charge in [-0.3, -0.25) is 14.1 Å². The van der Waals surface area contributed by atoms with Crippen LogP contribution < -0.4 is 10.3 Å². The molecule has 0 amide bonds. The molecule has 152 valence electrons. The van der Waals surface area contributed by atoms with E-state index in [4.69, 9.17) is 11.6 Å². The first-order valence-corrected chi connectivity index (χ1v) is 10.7. The number of sulfonamides is 1. The minimum atomic E-state index is -4.15. The second-order valence-electron chi connectivity index (χ2n) is 6.52. The first-order chi connectivity index (χ1) is 14.3. The Morgan fingerprint density at radius 3 is 2.50 bits per heavy atom. The van der Waals surface area contributed by atoms with E-state index in [0.29, 0.717) is 16.7 Å². The third-order valence-electron chi connectivity index (χ3n) is 4.52. The molecule has 0 unspecified atom stereocenters. The predicted molar refractivity (Wildman–Crippen MR) is 114 cm³/mol. The molecule has 0 saturated carbocycles. The number of nitrogens with zero attached hydrogens (tertiary/aromatic N) is 2. The van der Waals surface area contributed by atoms with Crippen LogP contribution in [0.3, 0.4) is 0 Å². The molecule has 0 saturated heterocycles. The van der Waals surface area contributed by atoms with Crippen molar-refractivity contribution in [1.29, 1.82) is 0 Å². The Kier molecular flexibility index (Phi) is 5.05. The topological polar surface area (TPSA) is 81.1 Å². The van der Waals surface area contributed by atoms with Crippen LogP contribution in [0.5, 0.6) is 0 Å². The fourth-order valence-electron chi connectivity index (χ4n) is 3.14. The molecule has 0 fully saturated rings. The van der Waals surface area contributed by atoms with E-state index < -0.39 is 15.8 Å². The average Bonchev–Trinajstić information content (AvgIpc) is 2.70. The normalized spacial score (nSPS) is 11.6. The summed E-state index contributed by atoms with van der Waals surface area (Å²) >= 11 is 5.97. The maximum Gasteiger partial charge on any atom is 0.265 e. The van der Waals surface area contributed by atoms with Crippen LogP contribution in [-0.4, -0.2) is 18.0 Å². The molecule has 1 heterocycles. The zero-order valence-electron chi connectivity index (χ0n) is 15.6. The van der Waals surface area contributed by atoms with Gasteiger partial charge in [-0.05, 0) is 49.4 Å². The van der Waals surface area contributed by atoms with Gasteiger partial charge in [-0.2, -0.15) is 0 Å². The average molecular weight is 444 g/mol. The van der Waals surface area contributed by atoms with Crippen LogP contribution in [0.2, 0.25) is 5.02 Å². The molecular weight excluding hydrogens is 429 g/mol. The van der Waals surface area contributed by atoms with E-state index in [2.05, 4.69) is 9.71 Å². The number of hydrogen-bond donors (Lipinski definition) is 1. The van der Waals surface area contributed by atoms with Gasteiger partial charge in [-0.1, -0.05) is 35.9 Å². The van der Waals surface area contributed by atoms with Crippen LogP contribution in [0, 0.1) is 12.7 Å². The van der Waals surface area contributed by atoms with Crippen molar-refractivity contribution in [3.8, 4) is 5.69 Å². The smallest absolute Gasteiger partial charge is 0.265 e. The van der Waals surface area contributed by atoms with Crippen LogP contribution in [0.25, 0.3) is 16.6 Å². The minimum Gasteiger partial charge on any atom is -0.277 e. The van der Waals surface area contributed by atoms with Gasteiger partial charge in [-0.25, -0.2) is 17.8 Å². The van der Waals surface area contributed by atoms with Gasteiger partial charge in [-0.15, -0.1) is 0 Å². The highest BCUT2D eigenvalue weighted by atomic mass is 35.5. The van der Waals surface area contributed by atoms with Crippen molar-refractivity contribution in [2.24, 2.45) is 0 Å². The van der Waals surface area contributed by atoms with Crippen molar-refractivity contribution >= 4 is 38.2 Å². The lowest BCUT2D eigenvalue weighted by Gasteiger charge is -2.14. The van der Waals surface area contributed by atoms with Crippen LogP contribution in [-0.2, 0) is 10.0 Å². The van der Waals surface area contributed by atoms with Gasteiger partial charge in [0, 0.05) is 0 Å². The van der Waals surface area contributed by atoms with Gasteiger partial charge in [0.05, 0.1) is 27.3 Å². The Balaban J connectivity index is 1.83. The summed E-state index contributed by atoms with van der Waals surface area (Å²) in [4.78, 5) is 17.2. The lowest BCUT2D eigenvalue weighted by atomic mass is 10.2. The molecule has 9 heteroatoms. The molecule has 0 aliphatic heterocycles. The number of rotatable bonds is 4. The molecule has 30 heavy (non-hydrogen) atoms. The highest BCUT2D eigenvalue weighted by Gasteiger charge is 2.20. The Morgan fingerprint density at radius 2 is 1.73 bits per heavy atom. The fourth-order valence-corrected chi connectivity index (χ4v) is 4.72. The molecule has 0 atom stereocenters. The van der Waals surface area contributed by atoms with Gasteiger partial charge in [0.2, 0.25) is 0 Å². The Morgan fingerprint density at radius 1 is 1.03 bits per heavy atom. The molecule has 0 spiro atoms. The first-order valence-electron chi connectivity index (χ1n) is 8.83. The minimum absolute atomic E-state index is 0.00681. The molecule has 1 N–H and O–H groups in total. The van der Waals surface area contributed by atoms with Gasteiger partial charge >= 0.3 is 0 Å². The van der Waals surface area contributed by atoms with E-state index in [-0.39, 0.29) is 26.9 Å². The Hall–Kier alpha value is -3.23. The van der Waals surface area contributed by atoms with Gasteiger partial charge < -0.3 is 0 Å². The summed E-state index contributed by atoms with van der Waals surface area (Å²) in [5, 5.41) is 0.401. The summed E-state index contributed by atoms with van der Waals surface area (Å²) in [6, 6.07) is 16.4. The number of aromatic nitrogens is 2. The molecule has 0 radical (unpaired) electrons. The molecule has 0 aliphatic rings. The van der Waals surface area contributed by atoms with Crippen molar-refractivity contribution in [3.63, 3.8) is 0 Å². The molecule has 0 bridgehead atoms. The van der Waals surface area contributed by atoms with Crippen LogP contribution in [0.1, 0.15) is 5.82 Å². The molecular formula is C21H15ClFN3O3S. The van der Waals surface area contributed by atoms with E-state index >= 15 is 0 Å². The summed E-state index contributed by atoms with van der Waals surface area (Å²) in [7, 11) is -4.15. The number of fused-ring (bicyclic) bond motifs is 1. The number of halogens is 2. The molecule has 0 aliphatic carbocycles. The van der Waals surface area contributed by atoms with Crippen molar-refractivity contribution in [2.45, 2.75) is 11.8 Å². The van der Waals surface area contributed by atoms with Gasteiger partial charge in [0.25, 0.3) is 15.6 Å². The Labute approximate surface area is 176 Å². The lowest BCUT2D eigenvalue weighted by molar-refractivity contribution is 0.598. The summed E-state index contributed by atoms with van der Waals surface area (Å²) in [6.45, 7) is 1.64. The number of benzene rings is 3. The second kappa shape index (κ2) is 7.55. The quantitative estimate of drug-likeness (QED) is 0.510. The largest absolute Gasteiger partial charge is 0.277 e. The zero-order chi connectivity index (χ0) is 21.5. The number of hydrogen-bond acceptors (Lipinski definition) is 4. The van der Waals surface area contributed by atoms with Crippen LogP contribution in [0.15, 0.2) is 76.4 Å². The lowest BCUT2D eigenvalue weighted by Crippen LogP contribution is -2.22. The fraction of sp³-hybridized carbons (Fsp3) is 0.0476. The highest BCUT2D eigenvalue weighted by molar-refractivity contribution is 7.92. The third kappa shape index (κ3) is 3.55. The van der Waals surface area contributed by atoms with Crippen LogP contribution >= 0.6 is 11.6 Å². The highest BCUT2D eigenvalue weighted by Crippen LogP contribution is 2.26. The molecule has 4 aromatic rings. The second-order valence-corrected chi connectivity index (χ2v) is 8.57. The van der Waals surface area contributed by atoms with Crippen molar-refractivity contribution < 1.29 is 12.8 Å². The molecule has 6 nitrogen and oxygen atoms in total. The standard InChI is InChI=1S/C21H15ClFN3O3S/c1-13-24-18-8-4-2-6-15(18)21(27)26(13)14-10-11-17(23)19(12-14)25-30(28,29)20-9-5-3-7-16(20)22/h2-12,25H,1H3. The maximum absolute atomic E-state index is 14.4. The molecule has 4 rings (SSSR count). The van der Waals surface area contributed by atoms with E-state index in [1.54, 1.807) is 37.3 Å². The number of aryl methyl sites for hydroxylation is 1. The number of nitrogens with one attached hydrogen (secondary N) is 1. The van der Waals surface area contributed by atoms with Gasteiger partial charge in [0.15, 0.2) is 0 Å². The SMILES string of the molecule is Cc1nc2ccccc2c(=O)n1-c1ccc(F)c(NS(=O)(=O)c2ccccc2Cl)c1. The molecule has 1 aromatic heterocycles. The van der Waals surface area contributed by atoms with E-state index in [1.807, 2.05) is 0 Å². The third-order valence-corrected chi connectivity index (χ3v) is 6.39. The summed E-state index contributed by atoms with van der Waals surface area (Å²) in [6.07, 6.45) is 0. The summed E-state index contributed by atoms with van der Waals surface area (Å²) in [5.41, 5.74) is 0.156. The summed E-state index contributed by atoms with van der Waals surface area (Å²) in [5.74, 6) is -0.418. The van der Waals surface area contributed by atoms with Crippen molar-refractivity contribution in [3.05, 3.63) is 93.7 Å². The van der Waals surface area contributed by atoms with Crippen molar-refractivity contribution in [2.75, 3.05) is 4.72 Å². The monoisotopic (exact) mass is 443 g/mol. The molecule has 3 aromatic carbocycles. The number of para-hydroxylation sites is 1. The summed E-state index contributed by atoms with van der Waals surface area (Å²) < 4.78 is 43.3. The number of anilines is 1. The van der Waals surface area contributed by atoms with E-state index in [0.717, 1.165) is 6.07 Å². The van der Waals surface area contributed by atoms with E-state index in [1.165, 1.54) is 34.9 Å². The zero-order valence-corrected chi connectivity index (χ0v) is 17.2.